The van der Waals surface area contributed by atoms with Gasteiger partial charge in [0.25, 0.3) is 5.91 Å². The summed E-state index contributed by atoms with van der Waals surface area (Å²) in [5.41, 5.74) is 2.28. The number of aromatic nitrogens is 3. The number of likely N-dealkylation sites (tertiary alicyclic amines) is 1. The molecule has 1 aromatic carbocycles. The van der Waals surface area contributed by atoms with Crippen LogP contribution in [0.25, 0.3) is 11.0 Å². The molecule has 1 aromatic heterocycles. The molecule has 0 aliphatic carbocycles. The molecule has 9 heteroatoms. The van der Waals surface area contributed by atoms with E-state index in [0.717, 1.165) is 49.8 Å². The zero-order chi connectivity index (χ0) is 18.8. The number of halogens is 1. The van der Waals surface area contributed by atoms with Gasteiger partial charge in [-0.25, -0.2) is 4.68 Å². The van der Waals surface area contributed by atoms with Crippen LogP contribution in [-0.2, 0) is 11.8 Å². The molecule has 0 saturated carbocycles. The number of nitrogens with one attached hydrogen (secondary N) is 2. The van der Waals surface area contributed by atoms with Gasteiger partial charge in [0.1, 0.15) is 5.52 Å². The Kier molecular flexibility index (Phi) is 6.51. The average Bonchev–Trinajstić information content (AvgIpc) is 3.36. The number of carbonyl (C=O) groups excluding carboxylic acids is 2. The van der Waals surface area contributed by atoms with Crippen LogP contribution in [0, 0.1) is 5.92 Å². The fourth-order valence-corrected chi connectivity index (χ4v) is 4.05. The Balaban J connectivity index is 0.00000225. The maximum Gasteiger partial charge on any atom is 0.253 e. The summed E-state index contributed by atoms with van der Waals surface area (Å²) >= 11 is 0. The van der Waals surface area contributed by atoms with Crippen molar-refractivity contribution in [3.8, 4) is 0 Å². The van der Waals surface area contributed by atoms with Crippen molar-refractivity contribution in [1.82, 2.24) is 30.5 Å². The van der Waals surface area contributed by atoms with Crippen LogP contribution in [0.15, 0.2) is 18.2 Å². The van der Waals surface area contributed by atoms with Crippen molar-refractivity contribution in [2.75, 3.05) is 26.2 Å². The van der Waals surface area contributed by atoms with Gasteiger partial charge in [0.2, 0.25) is 5.91 Å². The molecule has 2 aliphatic rings. The first-order valence-electron chi connectivity index (χ1n) is 9.71. The molecule has 2 unspecified atom stereocenters. The Morgan fingerprint density at radius 2 is 2.14 bits per heavy atom. The molecule has 2 fully saturated rings. The maximum absolute atomic E-state index is 12.9. The van der Waals surface area contributed by atoms with Crippen molar-refractivity contribution >= 4 is 35.3 Å². The first-order chi connectivity index (χ1) is 13.1. The molecule has 2 atom stereocenters. The Labute approximate surface area is 170 Å². The van der Waals surface area contributed by atoms with E-state index < -0.39 is 0 Å². The van der Waals surface area contributed by atoms with E-state index in [-0.39, 0.29) is 30.3 Å². The summed E-state index contributed by atoms with van der Waals surface area (Å²) in [6.07, 6.45) is 3.96. The molecular formula is C19H27ClN6O2. The first-order valence-corrected chi connectivity index (χ1v) is 9.71. The van der Waals surface area contributed by atoms with Crippen LogP contribution in [0.4, 0.5) is 0 Å². The third kappa shape index (κ3) is 4.28. The molecule has 2 N–H and O–H groups in total. The predicted molar refractivity (Wildman–Crippen MR) is 108 cm³/mol. The molecule has 2 saturated heterocycles. The normalized spacial score (nSPS) is 22.1. The third-order valence-electron chi connectivity index (χ3n) is 5.61. The lowest BCUT2D eigenvalue weighted by Gasteiger charge is -2.33. The Morgan fingerprint density at radius 1 is 1.29 bits per heavy atom. The monoisotopic (exact) mass is 406 g/mol. The van der Waals surface area contributed by atoms with E-state index in [2.05, 4.69) is 20.9 Å². The second kappa shape index (κ2) is 8.87. The van der Waals surface area contributed by atoms with Gasteiger partial charge in [-0.2, -0.15) is 0 Å². The van der Waals surface area contributed by atoms with Gasteiger partial charge in [0.15, 0.2) is 0 Å². The summed E-state index contributed by atoms with van der Waals surface area (Å²) in [6.45, 7) is 2.98. The number of benzene rings is 1. The van der Waals surface area contributed by atoms with E-state index in [0.29, 0.717) is 24.6 Å². The lowest BCUT2D eigenvalue weighted by Crippen LogP contribution is -2.46. The molecule has 0 bridgehead atoms. The van der Waals surface area contributed by atoms with Crippen LogP contribution in [0.1, 0.15) is 36.0 Å². The number of rotatable bonds is 4. The minimum atomic E-state index is -0.0509. The average molecular weight is 407 g/mol. The predicted octanol–water partition coefficient (Wildman–Crippen LogP) is 1.11. The van der Waals surface area contributed by atoms with Gasteiger partial charge in [0, 0.05) is 32.2 Å². The molecular weight excluding hydrogens is 380 g/mol. The van der Waals surface area contributed by atoms with Gasteiger partial charge >= 0.3 is 0 Å². The molecule has 8 nitrogen and oxygen atoms in total. The van der Waals surface area contributed by atoms with E-state index in [4.69, 9.17) is 0 Å². The molecule has 28 heavy (non-hydrogen) atoms. The zero-order valence-corrected chi connectivity index (χ0v) is 16.9. The van der Waals surface area contributed by atoms with Gasteiger partial charge in [-0.05, 0) is 56.3 Å². The van der Waals surface area contributed by atoms with Crippen molar-refractivity contribution in [3.63, 3.8) is 0 Å². The van der Waals surface area contributed by atoms with Gasteiger partial charge in [-0.1, -0.05) is 5.21 Å². The molecule has 152 valence electrons. The Morgan fingerprint density at radius 3 is 2.93 bits per heavy atom. The van der Waals surface area contributed by atoms with Crippen molar-refractivity contribution in [2.45, 2.75) is 31.7 Å². The quantitative estimate of drug-likeness (QED) is 0.793. The standard InChI is InChI=1S/C19H26N6O2.ClH/c1-24-17-7-6-14(10-16(17)22-23-24)19(27)25-9-3-4-13(12-25)11-21-18(26)15-5-2-8-20-15;/h6-7,10,13,15,20H,2-5,8-9,11-12H2,1H3,(H,21,26);1H. The number of piperidine rings is 1. The highest BCUT2D eigenvalue weighted by Crippen LogP contribution is 2.20. The van der Waals surface area contributed by atoms with Gasteiger partial charge in [0.05, 0.1) is 11.6 Å². The van der Waals surface area contributed by atoms with Crippen molar-refractivity contribution in [1.29, 1.82) is 0 Å². The lowest BCUT2D eigenvalue weighted by molar-refractivity contribution is -0.123. The highest BCUT2D eigenvalue weighted by molar-refractivity contribution is 5.97. The topological polar surface area (TPSA) is 92.2 Å². The first kappa shape index (κ1) is 20.5. The summed E-state index contributed by atoms with van der Waals surface area (Å²) in [5.74, 6) is 0.411. The minimum absolute atomic E-state index is 0. The minimum Gasteiger partial charge on any atom is -0.354 e. The molecule has 2 aliphatic heterocycles. The van der Waals surface area contributed by atoms with Gasteiger partial charge in [-0.3, -0.25) is 9.59 Å². The van der Waals surface area contributed by atoms with Crippen LogP contribution in [0.5, 0.6) is 0 Å². The van der Waals surface area contributed by atoms with Crippen LogP contribution in [-0.4, -0.2) is 63.9 Å². The van der Waals surface area contributed by atoms with Crippen molar-refractivity contribution in [3.05, 3.63) is 23.8 Å². The van der Waals surface area contributed by atoms with Crippen LogP contribution in [0.2, 0.25) is 0 Å². The second-order valence-electron chi connectivity index (χ2n) is 7.57. The highest BCUT2D eigenvalue weighted by atomic mass is 35.5. The smallest absolute Gasteiger partial charge is 0.253 e. The number of aryl methyl sites for hydroxylation is 1. The summed E-state index contributed by atoms with van der Waals surface area (Å²) in [6, 6.07) is 5.48. The summed E-state index contributed by atoms with van der Waals surface area (Å²) < 4.78 is 1.70. The van der Waals surface area contributed by atoms with E-state index >= 15 is 0 Å². The Hall–Kier alpha value is -2.19. The summed E-state index contributed by atoms with van der Waals surface area (Å²) in [5, 5.41) is 14.4. The Bertz CT molecular complexity index is 848. The van der Waals surface area contributed by atoms with E-state index in [1.807, 2.05) is 30.1 Å². The molecule has 3 heterocycles. The number of amides is 2. The lowest BCUT2D eigenvalue weighted by atomic mass is 9.97. The number of hydrogen-bond acceptors (Lipinski definition) is 5. The second-order valence-corrected chi connectivity index (χ2v) is 7.57. The molecule has 0 radical (unpaired) electrons. The summed E-state index contributed by atoms with van der Waals surface area (Å²) in [7, 11) is 1.83. The van der Waals surface area contributed by atoms with Crippen LogP contribution < -0.4 is 10.6 Å². The summed E-state index contributed by atoms with van der Waals surface area (Å²) in [4.78, 5) is 27.0. The molecule has 2 amide bonds. The molecule has 0 spiro atoms. The van der Waals surface area contributed by atoms with Crippen molar-refractivity contribution < 1.29 is 9.59 Å². The van der Waals surface area contributed by atoms with Gasteiger partial charge < -0.3 is 15.5 Å². The molecule has 4 rings (SSSR count). The number of hydrogen-bond donors (Lipinski definition) is 2. The molecule has 2 aromatic rings. The highest BCUT2D eigenvalue weighted by Gasteiger charge is 2.27. The van der Waals surface area contributed by atoms with E-state index in [9.17, 15) is 9.59 Å². The number of carbonyl (C=O) groups is 2. The SMILES string of the molecule is Cl.Cn1nnc2cc(C(=O)N3CCCC(CNC(=O)C4CCCN4)C3)ccc21. The van der Waals surface area contributed by atoms with Crippen LogP contribution in [0.3, 0.4) is 0 Å². The maximum atomic E-state index is 12.9. The van der Waals surface area contributed by atoms with E-state index in [1.165, 1.54) is 0 Å². The third-order valence-corrected chi connectivity index (χ3v) is 5.61. The van der Waals surface area contributed by atoms with E-state index in [1.54, 1.807) is 4.68 Å². The largest absolute Gasteiger partial charge is 0.354 e. The van der Waals surface area contributed by atoms with Gasteiger partial charge in [-0.15, -0.1) is 17.5 Å². The fourth-order valence-electron chi connectivity index (χ4n) is 4.05. The number of fused-ring (bicyclic) bond motifs is 1. The fraction of sp³-hybridized carbons (Fsp3) is 0.579. The van der Waals surface area contributed by atoms with Crippen LogP contribution >= 0.6 is 12.4 Å². The van der Waals surface area contributed by atoms with Crippen molar-refractivity contribution in [2.24, 2.45) is 13.0 Å². The zero-order valence-electron chi connectivity index (χ0n) is 16.1. The number of nitrogens with zero attached hydrogens (tertiary/aromatic N) is 4.